The van der Waals surface area contributed by atoms with Crippen LogP contribution in [0.3, 0.4) is 0 Å². The number of nitrogens with one attached hydrogen (secondary N) is 1. The second-order valence-corrected chi connectivity index (χ2v) is 4.42. The molecule has 0 atom stereocenters. The molecule has 110 valence electrons. The minimum absolute atomic E-state index is 0.0677. The van der Waals surface area contributed by atoms with Crippen LogP contribution >= 0.6 is 0 Å². The van der Waals surface area contributed by atoms with Gasteiger partial charge in [0.2, 0.25) is 0 Å². The van der Waals surface area contributed by atoms with Gasteiger partial charge in [-0.25, -0.2) is 14.6 Å². The van der Waals surface area contributed by atoms with Crippen molar-refractivity contribution in [3.8, 4) is 0 Å². The Hall–Kier alpha value is -2.70. The maximum absolute atomic E-state index is 12.3. The molecule has 2 heterocycles. The average Bonchev–Trinajstić information content (AvgIpc) is 2.38. The van der Waals surface area contributed by atoms with E-state index in [1.807, 2.05) is 0 Å². The van der Waals surface area contributed by atoms with Crippen LogP contribution in [0, 0.1) is 6.92 Å². The number of H-pyrrole nitrogens is 1. The van der Waals surface area contributed by atoms with Crippen molar-refractivity contribution in [3.05, 3.63) is 50.8 Å². The van der Waals surface area contributed by atoms with Crippen LogP contribution in [0.1, 0.15) is 18.2 Å². The number of hydrogen-bond donors (Lipinski definition) is 1. The average molecular weight is 289 g/mol. The molecule has 7 nitrogen and oxygen atoms in total. The maximum Gasteiger partial charge on any atom is 0.425 e. The van der Waals surface area contributed by atoms with Gasteiger partial charge in [-0.2, -0.15) is 4.57 Å². The third kappa shape index (κ3) is 2.62. The summed E-state index contributed by atoms with van der Waals surface area (Å²) in [5, 5.41) is 0.190. The molecule has 2 aromatic heterocycles. The maximum atomic E-state index is 12.3. The zero-order chi connectivity index (χ0) is 15.6. The smallest absolute Gasteiger partial charge is 0.425 e. The van der Waals surface area contributed by atoms with E-state index in [9.17, 15) is 14.4 Å². The molecule has 0 aromatic carbocycles. The van der Waals surface area contributed by atoms with Gasteiger partial charge in [-0.1, -0.05) is 6.08 Å². The molecule has 0 radical (unpaired) electrons. The molecule has 1 N–H and O–H groups in total. The van der Waals surface area contributed by atoms with Crippen LogP contribution in [0.25, 0.3) is 11.0 Å². The fraction of sp³-hybridized carbons (Fsp3) is 0.286. The van der Waals surface area contributed by atoms with E-state index in [4.69, 9.17) is 4.74 Å². The summed E-state index contributed by atoms with van der Waals surface area (Å²) in [6.07, 6.45) is 1.19. The highest BCUT2D eigenvalue weighted by molar-refractivity contribution is 5.81. The van der Waals surface area contributed by atoms with Crippen molar-refractivity contribution in [3.63, 3.8) is 0 Å². The summed E-state index contributed by atoms with van der Waals surface area (Å²) in [5.41, 5.74) is -0.145. The predicted octanol–water partition coefficient (Wildman–Crippen LogP) is 1.13. The van der Waals surface area contributed by atoms with Gasteiger partial charge in [0.25, 0.3) is 5.56 Å². The van der Waals surface area contributed by atoms with Crippen LogP contribution in [0.4, 0.5) is 4.79 Å². The summed E-state index contributed by atoms with van der Waals surface area (Å²) in [6.45, 7) is 6.99. The highest BCUT2D eigenvalue weighted by Gasteiger charge is 2.17. The summed E-state index contributed by atoms with van der Waals surface area (Å²) >= 11 is 0. The van der Waals surface area contributed by atoms with Crippen LogP contribution in [-0.4, -0.2) is 27.2 Å². The van der Waals surface area contributed by atoms with E-state index in [2.05, 4.69) is 16.5 Å². The molecular formula is C14H15N3O4. The number of aryl methyl sites for hydroxylation is 1. The van der Waals surface area contributed by atoms with Crippen molar-refractivity contribution in [2.45, 2.75) is 20.3 Å². The lowest BCUT2D eigenvalue weighted by Crippen LogP contribution is -2.40. The number of carbonyl (C=O) groups excluding carboxylic acids is 1. The van der Waals surface area contributed by atoms with Gasteiger partial charge in [-0.15, -0.1) is 6.58 Å². The Balaban J connectivity index is 2.78. The third-order valence-electron chi connectivity index (χ3n) is 2.92. The second kappa shape index (κ2) is 5.74. The van der Waals surface area contributed by atoms with Crippen LogP contribution in [0.2, 0.25) is 0 Å². The first-order valence-corrected chi connectivity index (χ1v) is 6.43. The van der Waals surface area contributed by atoms with Gasteiger partial charge < -0.3 is 4.74 Å². The van der Waals surface area contributed by atoms with E-state index in [0.717, 1.165) is 0 Å². The van der Waals surface area contributed by atoms with Crippen molar-refractivity contribution in [1.82, 2.24) is 14.5 Å². The Labute approximate surface area is 119 Å². The van der Waals surface area contributed by atoms with Crippen molar-refractivity contribution in [2.75, 3.05) is 6.61 Å². The third-order valence-corrected chi connectivity index (χ3v) is 2.92. The number of ether oxygens (including phenoxy) is 1. The summed E-state index contributed by atoms with van der Waals surface area (Å²) in [4.78, 5) is 42.6. The summed E-state index contributed by atoms with van der Waals surface area (Å²) in [5.74, 6) is 0. The molecule has 0 saturated carbocycles. The Morgan fingerprint density at radius 1 is 1.52 bits per heavy atom. The molecule has 0 aliphatic heterocycles. The summed E-state index contributed by atoms with van der Waals surface area (Å²) in [6, 6.07) is 1.72. The quantitative estimate of drug-likeness (QED) is 0.855. The molecule has 2 aromatic rings. The monoisotopic (exact) mass is 289 g/mol. The zero-order valence-corrected chi connectivity index (χ0v) is 11.8. The van der Waals surface area contributed by atoms with Crippen LogP contribution in [-0.2, 0) is 11.2 Å². The number of fused-ring (bicyclic) bond motifs is 1. The van der Waals surface area contributed by atoms with E-state index >= 15 is 0 Å². The SMILES string of the molecule is C=CCc1cc(C)c2c(=O)n(C(=O)OCC)c(=O)[nH]c2n1. The number of aromatic amines is 1. The van der Waals surface area contributed by atoms with Gasteiger partial charge >= 0.3 is 11.8 Å². The minimum atomic E-state index is -1.000. The van der Waals surface area contributed by atoms with Crippen LogP contribution in [0.15, 0.2) is 28.3 Å². The molecule has 0 bridgehead atoms. The summed E-state index contributed by atoms with van der Waals surface area (Å²) < 4.78 is 5.15. The molecule has 0 amide bonds. The van der Waals surface area contributed by atoms with Gasteiger partial charge in [-0.05, 0) is 25.5 Å². The summed E-state index contributed by atoms with van der Waals surface area (Å²) in [7, 11) is 0. The van der Waals surface area contributed by atoms with Gasteiger partial charge in [0, 0.05) is 12.1 Å². The fourth-order valence-electron chi connectivity index (χ4n) is 2.07. The van der Waals surface area contributed by atoms with Crippen molar-refractivity contribution in [2.24, 2.45) is 0 Å². The van der Waals surface area contributed by atoms with E-state index in [1.165, 1.54) is 0 Å². The van der Waals surface area contributed by atoms with Gasteiger partial charge in [0.05, 0.1) is 12.0 Å². The fourth-order valence-corrected chi connectivity index (χ4v) is 2.07. The lowest BCUT2D eigenvalue weighted by atomic mass is 10.1. The first-order valence-electron chi connectivity index (χ1n) is 6.43. The Bertz CT molecular complexity index is 832. The molecule has 7 heteroatoms. The molecular weight excluding hydrogens is 274 g/mol. The number of aromatic nitrogens is 3. The highest BCUT2D eigenvalue weighted by atomic mass is 16.5. The van der Waals surface area contributed by atoms with E-state index in [-0.39, 0.29) is 17.6 Å². The number of pyridine rings is 1. The predicted molar refractivity (Wildman–Crippen MR) is 77.7 cm³/mol. The number of hydrogen-bond acceptors (Lipinski definition) is 5. The number of carbonyl (C=O) groups is 1. The van der Waals surface area contributed by atoms with E-state index in [1.54, 1.807) is 26.0 Å². The highest BCUT2D eigenvalue weighted by Crippen LogP contribution is 2.11. The van der Waals surface area contributed by atoms with E-state index in [0.29, 0.717) is 22.2 Å². The second-order valence-electron chi connectivity index (χ2n) is 4.42. The van der Waals surface area contributed by atoms with Gasteiger partial charge in [0.15, 0.2) is 0 Å². The molecule has 2 rings (SSSR count). The normalized spacial score (nSPS) is 10.6. The van der Waals surface area contributed by atoms with E-state index < -0.39 is 17.3 Å². The molecule has 0 aliphatic rings. The number of nitrogens with zero attached hydrogens (tertiary/aromatic N) is 2. The Kier molecular flexibility index (Phi) is 4.02. The van der Waals surface area contributed by atoms with Gasteiger partial charge in [0.1, 0.15) is 5.65 Å². The van der Waals surface area contributed by atoms with Crippen LogP contribution < -0.4 is 11.2 Å². The minimum Gasteiger partial charge on any atom is -0.449 e. The molecule has 0 spiro atoms. The van der Waals surface area contributed by atoms with Crippen molar-refractivity contribution >= 4 is 17.1 Å². The Morgan fingerprint density at radius 2 is 2.24 bits per heavy atom. The van der Waals surface area contributed by atoms with Crippen LogP contribution in [0.5, 0.6) is 0 Å². The molecule has 0 unspecified atom stereocenters. The van der Waals surface area contributed by atoms with Crippen molar-refractivity contribution < 1.29 is 9.53 Å². The molecule has 21 heavy (non-hydrogen) atoms. The zero-order valence-electron chi connectivity index (χ0n) is 11.8. The van der Waals surface area contributed by atoms with Crippen molar-refractivity contribution in [1.29, 1.82) is 0 Å². The first-order chi connectivity index (χ1) is 9.99. The lowest BCUT2D eigenvalue weighted by Gasteiger charge is -2.07. The molecule has 0 saturated heterocycles. The van der Waals surface area contributed by atoms with Gasteiger partial charge in [-0.3, -0.25) is 9.78 Å². The first kappa shape index (κ1) is 14.7. The lowest BCUT2D eigenvalue weighted by molar-refractivity contribution is 0.152. The molecule has 0 fully saturated rings. The standard InChI is InChI=1S/C14H15N3O4/c1-4-6-9-7-8(3)10-11(15-9)16-13(19)17(12(10)18)14(20)21-5-2/h4,7H,1,5-6H2,2-3H3,(H,15,16,19). The topological polar surface area (TPSA) is 94.0 Å². The molecule has 0 aliphatic carbocycles. The Morgan fingerprint density at radius 3 is 2.86 bits per heavy atom. The number of allylic oxidation sites excluding steroid dienone is 1. The largest absolute Gasteiger partial charge is 0.449 e. The number of rotatable bonds is 3.